The summed E-state index contributed by atoms with van der Waals surface area (Å²) < 4.78 is 34.7. The largest absolute Gasteiger partial charge is 0.379 e. The Morgan fingerprint density at radius 2 is 1.91 bits per heavy atom. The van der Waals surface area contributed by atoms with Crippen molar-refractivity contribution in [3.8, 4) is 0 Å². The molecule has 8 nitrogen and oxygen atoms in total. The van der Waals surface area contributed by atoms with Crippen molar-refractivity contribution >= 4 is 44.4 Å². The van der Waals surface area contributed by atoms with Gasteiger partial charge in [0.15, 0.2) is 0 Å². The van der Waals surface area contributed by atoms with Crippen LogP contribution in [0, 0.1) is 0 Å². The predicted octanol–water partition coefficient (Wildman–Crippen LogP) is 2.67. The van der Waals surface area contributed by atoms with Crippen molar-refractivity contribution in [3.05, 3.63) is 48.3 Å². The van der Waals surface area contributed by atoms with Crippen molar-refractivity contribution < 1.29 is 17.9 Å². The molecule has 0 N–H and O–H groups in total. The number of morpholine rings is 1. The van der Waals surface area contributed by atoms with Crippen LogP contribution in [-0.2, 0) is 33.0 Å². The fourth-order valence-electron chi connectivity index (χ4n) is 4.33. The number of carbonyl (C=O) groups excluding carboxylic acids is 1. The Kier molecular flexibility index (Phi) is 6.17. The third-order valence-electron chi connectivity index (χ3n) is 6.14. The first-order valence-corrected chi connectivity index (χ1v) is 13.4. The van der Waals surface area contributed by atoms with Crippen LogP contribution in [0.5, 0.6) is 0 Å². The summed E-state index contributed by atoms with van der Waals surface area (Å²) in [7, 11) is -1.68. The molecule has 1 fully saturated rings. The molecule has 0 saturated carbocycles. The van der Waals surface area contributed by atoms with Gasteiger partial charge in [0.25, 0.3) is 0 Å². The van der Waals surface area contributed by atoms with Crippen LogP contribution in [-0.4, -0.2) is 66.8 Å². The summed E-state index contributed by atoms with van der Waals surface area (Å²) in [6.07, 6.45) is 0.830. The number of amides is 1. The van der Waals surface area contributed by atoms with E-state index in [1.54, 1.807) is 30.0 Å². The fraction of sp³-hybridized carbons (Fsp3) is 0.391. The molecular formula is C23H26N4O4S2. The van der Waals surface area contributed by atoms with Gasteiger partial charge in [0.2, 0.25) is 15.9 Å². The molecule has 3 heterocycles. The van der Waals surface area contributed by atoms with Crippen LogP contribution in [0.25, 0.3) is 11.0 Å². The number of anilines is 1. The molecule has 0 atom stereocenters. The van der Waals surface area contributed by atoms with Gasteiger partial charge in [0.1, 0.15) is 5.82 Å². The van der Waals surface area contributed by atoms with Gasteiger partial charge in [-0.25, -0.2) is 13.4 Å². The number of hydrogen-bond donors (Lipinski definition) is 0. The summed E-state index contributed by atoms with van der Waals surface area (Å²) in [5, 5.41) is 0. The minimum atomic E-state index is -3.58. The Bertz CT molecular complexity index is 1300. The normalized spacial score (nSPS) is 17.3. The van der Waals surface area contributed by atoms with Gasteiger partial charge in [0.05, 0.1) is 34.8 Å². The van der Waals surface area contributed by atoms with E-state index < -0.39 is 10.0 Å². The molecule has 0 bridgehead atoms. The van der Waals surface area contributed by atoms with Crippen LogP contribution in [0.4, 0.5) is 5.69 Å². The molecular weight excluding hydrogens is 460 g/mol. The van der Waals surface area contributed by atoms with Crippen molar-refractivity contribution in [1.29, 1.82) is 0 Å². The lowest BCUT2D eigenvalue weighted by molar-refractivity contribution is -0.118. The predicted molar refractivity (Wildman–Crippen MR) is 128 cm³/mol. The Hall–Kier alpha value is -2.40. The lowest BCUT2D eigenvalue weighted by Crippen LogP contribution is -2.40. The SMILES string of the molecule is Cn1c(CCC(=O)N2CCSc3ccccc32)nc2cc(S(=O)(=O)N3CCOCC3)ccc21. The molecule has 0 spiro atoms. The molecule has 2 aromatic carbocycles. The number of benzene rings is 2. The molecule has 2 aliphatic rings. The summed E-state index contributed by atoms with van der Waals surface area (Å²) in [4.78, 5) is 20.9. The van der Waals surface area contributed by atoms with E-state index >= 15 is 0 Å². The quantitative estimate of drug-likeness (QED) is 0.551. The number of para-hydroxylation sites is 1. The molecule has 33 heavy (non-hydrogen) atoms. The number of imidazole rings is 1. The van der Waals surface area contributed by atoms with Crippen LogP contribution in [0.1, 0.15) is 12.2 Å². The van der Waals surface area contributed by atoms with Gasteiger partial charge in [-0.05, 0) is 30.3 Å². The highest BCUT2D eigenvalue weighted by Crippen LogP contribution is 2.34. The lowest BCUT2D eigenvalue weighted by atomic mass is 10.2. The smallest absolute Gasteiger partial charge is 0.243 e. The molecule has 5 rings (SSSR count). The Balaban J connectivity index is 1.34. The number of aromatic nitrogens is 2. The summed E-state index contributed by atoms with van der Waals surface area (Å²) in [5.74, 6) is 1.72. The summed E-state index contributed by atoms with van der Waals surface area (Å²) in [6, 6.07) is 13.0. The molecule has 1 aromatic heterocycles. The second-order valence-electron chi connectivity index (χ2n) is 8.12. The average Bonchev–Trinajstić information content (AvgIpc) is 3.17. The van der Waals surface area contributed by atoms with Crippen molar-refractivity contribution in [2.45, 2.75) is 22.6 Å². The zero-order chi connectivity index (χ0) is 23.0. The molecule has 10 heteroatoms. The standard InChI is InChI=1S/C23H26N4O4S2/c1-25-19-7-6-17(33(29,30)26-10-13-31-14-11-26)16-18(19)24-22(25)8-9-23(28)27-12-15-32-21-5-3-2-4-20(21)27/h2-7,16H,8-15H2,1H3. The summed E-state index contributed by atoms with van der Waals surface area (Å²) >= 11 is 1.77. The molecule has 1 saturated heterocycles. The molecule has 0 radical (unpaired) electrons. The minimum absolute atomic E-state index is 0.0744. The monoisotopic (exact) mass is 486 g/mol. The molecule has 2 aliphatic heterocycles. The number of nitrogens with zero attached hydrogens (tertiary/aromatic N) is 4. The number of ether oxygens (including phenoxy) is 1. The van der Waals surface area contributed by atoms with E-state index in [1.807, 2.05) is 40.8 Å². The molecule has 3 aromatic rings. The summed E-state index contributed by atoms with van der Waals surface area (Å²) in [5.41, 5.74) is 2.44. The number of thioether (sulfide) groups is 1. The van der Waals surface area contributed by atoms with E-state index in [1.165, 1.54) is 4.31 Å². The van der Waals surface area contributed by atoms with Crippen molar-refractivity contribution in [2.24, 2.45) is 7.05 Å². The van der Waals surface area contributed by atoms with Gasteiger partial charge in [-0.1, -0.05) is 12.1 Å². The number of rotatable bonds is 5. The van der Waals surface area contributed by atoms with Crippen molar-refractivity contribution in [3.63, 3.8) is 0 Å². The number of hydrogen-bond acceptors (Lipinski definition) is 6. The van der Waals surface area contributed by atoms with E-state index in [9.17, 15) is 13.2 Å². The number of sulfonamides is 1. The first-order chi connectivity index (χ1) is 15.9. The number of aryl methyl sites for hydroxylation is 2. The minimum Gasteiger partial charge on any atom is -0.379 e. The zero-order valence-corrected chi connectivity index (χ0v) is 20.1. The highest BCUT2D eigenvalue weighted by molar-refractivity contribution is 7.99. The Labute approximate surface area is 197 Å². The lowest BCUT2D eigenvalue weighted by Gasteiger charge is -2.29. The van der Waals surface area contributed by atoms with Crippen molar-refractivity contribution in [1.82, 2.24) is 13.9 Å². The van der Waals surface area contributed by atoms with E-state index in [-0.39, 0.29) is 10.8 Å². The topological polar surface area (TPSA) is 84.7 Å². The Morgan fingerprint density at radius 3 is 2.73 bits per heavy atom. The van der Waals surface area contributed by atoms with Gasteiger partial charge >= 0.3 is 0 Å². The fourth-order valence-corrected chi connectivity index (χ4v) is 6.76. The second kappa shape index (κ2) is 9.09. The van der Waals surface area contributed by atoms with E-state index in [0.717, 1.165) is 27.7 Å². The second-order valence-corrected chi connectivity index (χ2v) is 11.2. The van der Waals surface area contributed by atoms with Gasteiger partial charge < -0.3 is 14.2 Å². The van der Waals surface area contributed by atoms with E-state index in [0.29, 0.717) is 51.2 Å². The third kappa shape index (κ3) is 4.28. The number of carbonyl (C=O) groups is 1. The molecule has 174 valence electrons. The van der Waals surface area contributed by atoms with Crippen LogP contribution in [0.3, 0.4) is 0 Å². The van der Waals surface area contributed by atoms with Crippen LogP contribution in [0.15, 0.2) is 52.3 Å². The van der Waals surface area contributed by atoms with Crippen LogP contribution >= 0.6 is 11.8 Å². The first-order valence-electron chi connectivity index (χ1n) is 11.0. The van der Waals surface area contributed by atoms with Gasteiger partial charge in [-0.3, -0.25) is 4.79 Å². The van der Waals surface area contributed by atoms with Gasteiger partial charge in [0, 0.05) is 50.2 Å². The van der Waals surface area contributed by atoms with E-state index in [2.05, 4.69) is 4.98 Å². The van der Waals surface area contributed by atoms with Crippen molar-refractivity contribution in [2.75, 3.05) is 43.5 Å². The Morgan fingerprint density at radius 1 is 1.12 bits per heavy atom. The number of fused-ring (bicyclic) bond motifs is 2. The highest BCUT2D eigenvalue weighted by Gasteiger charge is 2.27. The maximum atomic E-state index is 13.0. The third-order valence-corrected chi connectivity index (χ3v) is 9.08. The highest BCUT2D eigenvalue weighted by atomic mass is 32.2. The van der Waals surface area contributed by atoms with E-state index in [4.69, 9.17) is 4.74 Å². The van der Waals surface area contributed by atoms with Gasteiger partial charge in [-0.15, -0.1) is 11.8 Å². The maximum Gasteiger partial charge on any atom is 0.243 e. The summed E-state index contributed by atoms with van der Waals surface area (Å²) in [6.45, 7) is 2.22. The molecule has 0 unspecified atom stereocenters. The van der Waals surface area contributed by atoms with Crippen LogP contribution < -0.4 is 4.90 Å². The first kappa shape index (κ1) is 22.4. The zero-order valence-electron chi connectivity index (χ0n) is 18.4. The molecule has 0 aliphatic carbocycles. The molecule has 1 amide bonds. The van der Waals surface area contributed by atoms with Gasteiger partial charge in [-0.2, -0.15) is 4.31 Å². The van der Waals surface area contributed by atoms with Crippen LogP contribution in [0.2, 0.25) is 0 Å². The maximum absolute atomic E-state index is 13.0. The average molecular weight is 487 g/mol.